The number of sulfonamides is 1. The third kappa shape index (κ3) is 2.98. The predicted molar refractivity (Wildman–Crippen MR) is 96.5 cm³/mol. The first-order chi connectivity index (χ1) is 11.6. The van der Waals surface area contributed by atoms with Crippen LogP contribution in [-0.4, -0.2) is 56.2 Å². The summed E-state index contributed by atoms with van der Waals surface area (Å²) < 4.78 is 32.9. The third-order valence-electron chi connectivity index (χ3n) is 4.61. The molecule has 1 aliphatic heterocycles. The summed E-state index contributed by atoms with van der Waals surface area (Å²) in [7, 11) is -1.43. The maximum Gasteiger partial charge on any atom is 0.217 e. The van der Waals surface area contributed by atoms with E-state index in [1.807, 2.05) is 18.2 Å². The molecule has 2 heterocycles. The van der Waals surface area contributed by atoms with Crippen molar-refractivity contribution in [1.29, 1.82) is 0 Å². The van der Waals surface area contributed by atoms with Crippen molar-refractivity contribution in [2.45, 2.75) is 24.5 Å². The van der Waals surface area contributed by atoms with Gasteiger partial charge in [-0.25, -0.2) is 13.4 Å². The highest BCUT2D eigenvalue weighted by Crippen LogP contribution is 2.33. The molecule has 0 unspecified atom stereocenters. The number of hydrogen-bond donors (Lipinski definition) is 0. The summed E-state index contributed by atoms with van der Waals surface area (Å²) in [6.07, 6.45) is 2.48. The second-order valence-electron chi connectivity index (χ2n) is 6.31. The fraction of sp³-hybridized carbons (Fsp3) is 0.562. The lowest BCUT2D eigenvalue weighted by atomic mass is 10.3. The standard InChI is InChI=1S/C16H21N3O3S2/c1-22-12-3-6-15-14(11-12)17-16(23-15)18-7-2-8-19(10-9-18)24(20,21)13-4-5-13/h3,6,11,13H,2,4-5,7-10H2,1H3. The zero-order valence-electron chi connectivity index (χ0n) is 13.6. The quantitative estimate of drug-likeness (QED) is 0.830. The van der Waals surface area contributed by atoms with Gasteiger partial charge >= 0.3 is 0 Å². The van der Waals surface area contributed by atoms with E-state index < -0.39 is 10.0 Å². The number of methoxy groups -OCH3 is 1. The van der Waals surface area contributed by atoms with E-state index in [-0.39, 0.29) is 5.25 Å². The smallest absolute Gasteiger partial charge is 0.217 e. The molecule has 0 bridgehead atoms. The van der Waals surface area contributed by atoms with Crippen LogP contribution in [0.3, 0.4) is 0 Å². The van der Waals surface area contributed by atoms with Gasteiger partial charge in [-0.15, -0.1) is 0 Å². The molecule has 4 rings (SSSR count). The van der Waals surface area contributed by atoms with Crippen molar-refractivity contribution in [2.24, 2.45) is 0 Å². The molecule has 130 valence electrons. The minimum absolute atomic E-state index is 0.126. The summed E-state index contributed by atoms with van der Waals surface area (Å²) in [5.41, 5.74) is 0.932. The number of hydrogen-bond acceptors (Lipinski definition) is 6. The molecule has 6 nitrogen and oxygen atoms in total. The SMILES string of the molecule is COc1ccc2sc(N3CCCN(S(=O)(=O)C4CC4)CC3)nc2c1. The van der Waals surface area contributed by atoms with E-state index in [0.717, 1.165) is 46.9 Å². The van der Waals surface area contributed by atoms with Crippen LogP contribution < -0.4 is 9.64 Å². The Hall–Kier alpha value is -1.38. The van der Waals surface area contributed by atoms with E-state index >= 15 is 0 Å². The number of aromatic nitrogens is 1. The number of fused-ring (bicyclic) bond motifs is 1. The Morgan fingerprint density at radius 2 is 2.04 bits per heavy atom. The van der Waals surface area contributed by atoms with Gasteiger partial charge in [-0.05, 0) is 31.4 Å². The Morgan fingerprint density at radius 3 is 2.79 bits per heavy atom. The van der Waals surface area contributed by atoms with Crippen LogP contribution in [0.15, 0.2) is 18.2 Å². The zero-order chi connectivity index (χ0) is 16.7. The minimum atomic E-state index is -3.08. The number of thiazole rings is 1. The number of benzene rings is 1. The van der Waals surface area contributed by atoms with Crippen molar-refractivity contribution in [2.75, 3.05) is 38.2 Å². The third-order valence-corrected chi connectivity index (χ3v) is 8.11. The van der Waals surface area contributed by atoms with E-state index in [0.29, 0.717) is 19.6 Å². The zero-order valence-corrected chi connectivity index (χ0v) is 15.3. The number of nitrogens with zero attached hydrogens (tertiary/aromatic N) is 3. The van der Waals surface area contributed by atoms with Crippen molar-refractivity contribution >= 4 is 36.7 Å². The minimum Gasteiger partial charge on any atom is -0.497 e. The first kappa shape index (κ1) is 16.1. The fourth-order valence-corrected chi connectivity index (χ4v) is 5.94. The highest BCUT2D eigenvalue weighted by Gasteiger charge is 2.40. The van der Waals surface area contributed by atoms with Gasteiger partial charge in [-0.1, -0.05) is 11.3 Å². The summed E-state index contributed by atoms with van der Waals surface area (Å²) in [4.78, 5) is 6.93. The molecule has 2 aromatic rings. The van der Waals surface area contributed by atoms with Crippen LogP contribution >= 0.6 is 11.3 Å². The molecule has 1 aliphatic carbocycles. The summed E-state index contributed by atoms with van der Waals surface area (Å²) in [5, 5.41) is 0.836. The van der Waals surface area contributed by atoms with Crippen LogP contribution in [0.2, 0.25) is 0 Å². The maximum atomic E-state index is 12.4. The van der Waals surface area contributed by atoms with Crippen molar-refractivity contribution in [3.8, 4) is 5.75 Å². The molecular formula is C16H21N3O3S2. The monoisotopic (exact) mass is 367 g/mol. The van der Waals surface area contributed by atoms with Crippen LogP contribution in [-0.2, 0) is 10.0 Å². The van der Waals surface area contributed by atoms with Gasteiger partial charge in [0.2, 0.25) is 10.0 Å². The lowest BCUT2D eigenvalue weighted by molar-refractivity contribution is 0.415. The summed E-state index contributed by atoms with van der Waals surface area (Å²) in [6, 6.07) is 5.91. The lowest BCUT2D eigenvalue weighted by Gasteiger charge is -2.21. The van der Waals surface area contributed by atoms with Crippen molar-refractivity contribution < 1.29 is 13.2 Å². The van der Waals surface area contributed by atoms with Gasteiger partial charge in [-0.3, -0.25) is 0 Å². The molecule has 1 aromatic carbocycles. The predicted octanol–water partition coefficient (Wildman–Crippen LogP) is 2.31. The molecule has 0 atom stereocenters. The van der Waals surface area contributed by atoms with E-state index in [1.165, 1.54) is 0 Å². The van der Waals surface area contributed by atoms with Gasteiger partial charge in [0.25, 0.3) is 0 Å². The average molecular weight is 367 g/mol. The van der Waals surface area contributed by atoms with Crippen molar-refractivity contribution in [1.82, 2.24) is 9.29 Å². The van der Waals surface area contributed by atoms with Gasteiger partial charge in [0.15, 0.2) is 5.13 Å². The van der Waals surface area contributed by atoms with Crippen molar-refractivity contribution in [3.63, 3.8) is 0 Å². The maximum absolute atomic E-state index is 12.4. The van der Waals surface area contributed by atoms with Crippen LogP contribution in [0.25, 0.3) is 10.2 Å². The van der Waals surface area contributed by atoms with Gasteiger partial charge in [0, 0.05) is 32.2 Å². The first-order valence-corrected chi connectivity index (χ1v) is 10.6. The molecule has 1 saturated heterocycles. The Morgan fingerprint density at radius 1 is 1.21 bits per heavy atom. The molecule has 0 amide bonds. The van der Waals surface area contributed by atoms with Gasteiger partial charge in [0.05, 0.1) is 22.6 Å². The molecule has 0 spiro atoms. The molecule has 2 fully saturated rings. The fourth-order valence-electron chi connectivity index (χ4n) is 3.07. The molecule has 1 aromatic heterocycles. The second kappa shape index (κ2) is 6.16. The summed E-state index contributed by atoms with van der Waals surface area (Å²) in [6.45, 7) is 2.71. The van der Waals surface area contributed by atoms with E-state index in [4.69, 9.17) is 9.72 Å². The van der Waals surface area contributed by atoms with E-state index in [1.54, 1.807) is 22.8 Å². The molecule has 0 radical (unpaired) electrons. The highest BCUT2D eigenvalue weighted by molar-refractivity contribution is 7.90. The van der Waals surface area contributed by atoms with Crippen molar-refractivity contribution in [3.05, 3.63) is 18.2 Å². The average Bonchev–Trinajstić information content (AvgIpc) is 3.38. The van der Waals surface area contributed by atoms with E-state index in [2.05, 4.69) is 4.90 Å². The Balaban J connectivity index is 1.52. The highest BCUT2D eigenvalue weighted by atomic mass is 32.2. The number of ether oxygens (including phenoxy) is 1. The number of rotatable bonds is 4. The van der Waals surface area contributed by atoms with Gasteiger partial charge < -0.3 is 9.64 Å². The lowest BCUT2D eigenvalue weighted by Crippen LogP contribution is -2.37. The Bertz CT molecular complexity index is 845. The first-order valence-electron chi connectivity index (χ1n) is 8.26. The van der Waals surface area contributed by atoms with Crippen LogP contribution in [0.4, 0.5) is 5.13 Å². The van der Waals surface area contributed by atoms with E-state index in [9.17, 15) is 8.42 Å². The Labute approximate surface area is 146 Å². The van der Waals surface area contributed by atoms with Gasteiger partial charge in [-0.2, -0.15) is 4.31 Å². The largest absolute Gasteiger partial charge is 0.497 e. The van der Waals surface area contributed by atoms with Crippen LogP contribution in [0.5, 0.6) is 5.75 Å². The molecule has 0 N–H and O–H groups in total. The molecular weight excluding hydrogens is 346 g/mol. The molecule has 24 heavy (non-hydrogen) atoms. The Kier molecular flexibility index (Phi) is 4.14. The normalized spacial score (nSPS) is 20.3. The summed E-state index contributed by atoms with van der Waals surface area (Å²) in [5.74, 6) is 0.803. The molecule has 1 saturated carbocycles. The molecule has 8 heteroatoms. The topological polar surface area (TPSA) is 62.7 Å². The van der Waals surface area contributed by atoms with Crippen LogP contribution in [0.1, 0.15) is 19.3 Å². The summed E-state index contributed by atoms with van der Waals surface area (Å²) >= 11 is 1.65. The second-order valence-corrected chi connectivity index (χ2v) is 9.54. The van der Waals surface area contributed by atoms with Crippen LogP contribution in [0, 0.1) is 0 Å². The number of anilines is 1. The molecule has 2 aliphatic rings. The van der Waals surface area contributed by atoms with Gasteiger partial charge in [0.1, 0.15) is 5.75 Å².